The van der Waals surface area contributed by atoms with Gasteiger partial charge in [-0.3, -0.25) is 4.98 Å². The van der Waals surface area contributed by atoms with Crippen molar-refractivity contribution in [1.29, 1.82) is 0 Å². The molecule has 1 aromatic heterocycles. The summed E-state index contributed by atoms with van der Waals surface area (Å²) in [4.78, 5) is 4.15. The molecule has 1 aliphatic rings. The van der Waals surface area contributed by atoms with Gasteiger partial charge in [-0.05, 0) is 18.2 Å². The average molecular weight is 189 g/mol. The number of hydrogen-bond acceptors (Lipinski definition) is 4. The number of fused-ring (bicyclic) bond motifs is 3. The summed E-state index contributed by atoms with van der Waals surface area (Å²) in [5, 5.41) is 10.2. The van der Waals surface area contributed by atoms with Gasteiger partial charge < -0.3 is 14.6 Å². The average Bonchev–Trinajstić information content (AvgIpc) is 2.66. The molecular formula is C10H7NO3. The van der Waals surface area contributed by atoms with Crippen LogP contribution < -0.4 is 9.47 Å². The molecule has 0 atom stereocenters. The van der Waals surface area contributed by atoms with E-state index in [0.717, 1.165) is 0 Å². The molecule has 3 rings (SSSR count). The van der Waals surface area contributed by atoms with Crippen LogP contribution in [0.2, 0.25) is 0 Å². The smallest absolute Gasteiger partial charge is 0.231 e. The fourth-order valence-corrected chi connectivity index (χ4v) is 1.56. The number of hydrogen-bond donors (Lipinski definition) is 1. The van der Waals surface area contributed by atoms with Crippen LogP contribution in [0.4, 0.5) is 0 Å². The summed E-state index contributed by atoms with van der Waals surface area (Å²) in [5.74, 6) is 1.49. The lowest BCUT2D eigenvalue weighted by Crippen LogP contribution is -1.93. The number of rotatable bonds is 0. The Hall–Kier alpha value is -1.97. The molecule has 4 nitrogen and oxygen atoms in total. The zero-order valence-corrected chi connectivity index (χ0v) is 7.23. The second-order valence-electron chi connectivity index (χ2n) is 3.03. The Labute approximate surface area is 79.7 Å². The Bertz CT molecular complexity index is 510. The van der Waals surface area contributed by atoms with Gasteiger partial charge in [-0.2, -0.15) is 0 Å². The van der Waals surface area contributed by atoms with Gasteiger partial charge in [0.15, 0.2) is 11.5 Å². The zero-order chi connectivity index (χ0) is 9.54. The van der Waals surface area contributed by atoms with Crippen LogP contribution >= 0.6 is 0 Å². The third-order valence-electron chi connectivity index (χ3n) is 2.23. The molecule has 70 valence electrons. The van der Waals surface area contributed by atoms with Gasteiger partial charge in [0.2, 0.25) is 6.79 Å². The highest BCUT2D eigenvalue weighted by Crippen LogP contribution is 2.39. The van der Waals surface area contributed by atoms with E-state index in [1.165, 1.54) is 0 Å². The Kier molecular flexibility index (Phi) is 1.33. The maximum absolute atomic E-state index is 9.57. The van der Waals surface area contributed by atoms with Gasteiger partial charge in [-0.15, -0.1) is 0 Å². The molecular weight excluding hydrogens is 182 g/mol. The minimum Gasteiger partial charge on any atom is -0.507 e. The third kappa shape index (κ3) is 0.849. The van der Waals surface area contributed by atoms with E-state index in [1.807, 2.05) is 0 Å². The lowest BCUT2D eigenvalue weighted by Gasteiger charge is -2.02. The van der Waals surface area contributed by atoms with Crippen LogP contribution in [0, 0.1) is 0 Å². The molecule has 0 unspecified atom stereocenters. The van der Waals surface area contributed by atoms with Crippen molar-refractivity contribution in [2.75, 3.05) is 6.79 Å². The van der Waals surface area contributed by atoms with Crippen LogP contribution in [-0.2, 0) is 0 Å². The molecule has 0 bridgehead atoms. The standard InChI is InChI=1S/C10H7NO3/c12-7-3-4-11-9-6(7)1-2-8-10(9)14-5-13-8/h1-4H,5H2,(H,11,12). The first-order valence-electron chi connectivity index (χ1n) is 4.22. The minimum atomic E-state index is 0.202. The lowest BCUT2D eigenvalue weighted by molar-refractivity contribution is 0.174. The third-order valence-corrected chi connectivity index (χ3v) is 2.23. The van der Waals surface area contributed by atoms with Gasteiger partial charge in [0.25, 0.3) is 0 Å². The quantitative estimate of drug-likeness (QED) is 0.684. The highest BCUT2D eigenvalue weighted by molar-refractivity contribution is 5.91. The van der Waals surface area contributed by atoms with E-state index < -0.39 is 0 Å². The maximum atomic E-state index is 9.57. The highest BCUT2D eigenvalue weighted by Gasteiger charge is 2.18. The summed E-state index contributed by atoms with van der Waals surface area (Å²) in [6, 6.07) is 5.09. The predicted octanol–water partition coefficient (Wildman–Crippen LogP) is 1.67. The molecule has 4 heteroatoms. The van der Waals surface area contributed by atoms with Gasteiger partial charge in [-0.1, -0.05) is 0 Å². The first kappa shape index (κ1) is 7.44. The summed E-state index contributed by atoms with van der Waals surface area (Å²) >= 11 is 0. The lowest BCUT2D eigenvalue weighted by atomic mass is 10.2. The van der Waals surface area contributed by atoms with Crippen LogP contribution in [0.3, 0.4) is 0 Å². The molecule has 0 saturated heterocycles. The summed E-state index contributed by atoms with van der Waals surface area (Å²) in [5.41, 5.74) is 0.639. The minimum absolute atomic E-state index is 0.202. The van der Waals surface area contributed by atoms with Crippen molar-refractivity contribution in [2.24, 2.45) is 0 Å². The molecule has 0 aliphatic carbocycles. The van der Waals surface area contributed by atoms with Crippen LogP contribution in [0.5, 0.6) is 17.2 Å². The highest BCUT2D eigenvalue weighted by atomic mass is 16.7. The summed E-state index contributed by atoms with van der Waals surface area (Å²) < 4.78 is 10.5. The Morgan fingerprint density at radius 3 is 3.07 bits per heavy atom. The van der Waals surface area contributed by atoms with Gasteiger partial charge in [0.1, 0.15) is 11.3 Å². The van der Waals surface area contributed by atoms with Crippen LogP contribution in [0.15, 0.2) is 24.4 Å². The number of ether oxygens (including phenoxy) is 2. The topological polar surface area (TPSA) is 51.6 Å². The van der Waals surface area contributed by atoms with Crippen LogP contribution in [0.25, 0.3) is 10.9 Å². The monoisotopic (exact) mass is 189 g/mol. The molecule has 0 radical (unpaired) electrons. The van der Waals surface area contributed by atoms with Gasteiger partial charge in [0, 0.05) is 11.6 Å². The van der Waals surface area contributed by atoms with Crippen molar-refractivity contribution in [1.82, 2.24) is 4.98 Å². The van der Waals surface area contributed by atoms with Crippen molar-refractivity contribution >= 4 is 10.9 Å². The van der Waals surface area contributed by atoms with E-state index in [1.54, 1.807) is 24.4 Å². The van der Waals surface area contributed by atoms with Gasteiger partial charge >= 0.3 is 0 Å². The Balaban J connectivity index is 2.44. The maximum Gasteiger partial charge on any atom is 0.231 e. The molecule has 0 saturated carbocycles. The number of nitrogens with zero attached hydrogens (tertiary/aromatic N) is 1. The predicted molar refractivity (Wildman–Crippen MR) is 49.5 cm³/mol. The molecule has 1 aromatic carbocycles. The van der Waals surface area contributed by atoms with Gasteiger partial charge in [-0.25, -0.2) is 0 Å². The van der Waals surface area contributed by atoms with Crippen molar-refractivity contribution in [2.45, 2.75) is 0 Å². The van der Waals surface area contributed by atoms with Crippen LogP contribution in [0.1, 0.15) is 0 Å². The first-order chi connectivity index (χ1) is 6.86. The number of aromatic hydroxyl groups is 1. The molecule has 14 heavy (non-hydrogen) atoms. The summed E-state index contributed by atoms with van der Waals surface area (Å²) in [6.45, 7) is 0.214. The van der Waals surface area contributed by atoms with E-state index >= 15 is 0 Å². The number of benzene rings is 1. The van der Waals surface area contributed by atoms with Crippen LogP contribution in [-0.4, -0.2) is 16.9 Å². The fraction of sp³-hybridized carbons (Fsp3) is 0.100. The van der Waals surface area contributed by atoms with Crippen molar-refractivity contribution in [3.8, 4) is 17.2 Å². The molecule has 1 aliphatic heterocycles. The van der Waals surface area contributed by atoms with E-state index in [2.05, 4.69) is 4.98 Å². The van der Waals surface area contributed by atoms with Crippen molar-refractivity contribution < 1.29 is 14.6 Å². The Morgan fingerprint density at radius 2 is 2.14 bits per heavy atom. The van der Waals surface area contributed by atoms with E-state index in [-0.39, 0.29) is 12.5 Å². The number of pyridine rings is 1. The molecule has 2 aromatic rings. The summed E-state index contributed by atoms with van der Waals surface area (Å²) in [6.07, 6.45) is 1.54. The number of aromatic nitrogens is 1. The van der Waals surface area contributed by atoms with E-state index in [4.69, 9.17) is 9.47 Å². The Morgan fingerprint density at radius 1 is 1.21 bits per heavy atom. The molecule has 0 spiro atoms. The van der Waals surface area contributed by atoms with Crippen molar-refractivity contribution in [3.63, 3.8) is 0 Å². The molecule has 2 heterocycles. The SMILES string of the molecule is Oc1ccnc2c3c(ccc12)OCO3. The molecule has 0 amide bonds. The molecule has 0 fully saturated rings. The fourth-order valence-electron chi connectivity index (χ4n) is 1.56. The molecule has 1 N–H and O–H groups in total. The van der Waals surface area contributed by atoms with Gasteiger partial charge in [0.05, 0.1) is 0 Å². The van der Waals surface area contributed by atoms with E-state index in [9.17, 15) is 5.11 Å². The van der Waals surface area contributed by atoms with Crippen molar-refractivity contribution in [3.05, 3.63) is 24.4 Å². The summed E-state index contributed by atoms with van der Waals surface area (Å²) in [7, 11) is 0. The zero-order valence-electron chi connectivity index (χ0n) is 7.23. The first-order valence-corrected chi connectivity index (χ1v) is 4.22. The second-order valence-corrected chi connectivity index (χ2v) is 3.03. The normalized spacial score (nSPS) is 13.4. The van der Waals surface area contributed by atoms with E-state index in [0.29, 0.717) is 22.4 Å². The largest absolute Gasteiger partial charge is 0.507 e. The second kappa shape index (κ2) is 2.51.